The highest BCUT2D eigenvalue weighted by molar-refractivity contribution is 7.80. The molecule has 0 bridgehead atoms. The van der Waals surface area contributed by atoms with E-state index in [0.29, 0.717) is 6.04 Å². The molecule has 1 N–H and O–H groups in total. The number of thiocarbonyl (C=S) groups is 1. The Morgan fingerprint density at radius 1 is 1.05 bits per heavy atom. The van der Waals surface area contributed by atoms with Crippen LogP contribution >= 0.6 is 12.2 Å². The van der Waals surface area contributed by atoms with E-state index in [2.05, 4.69) is 65.7 Å². The molecular weight excluding hydrogens is 288 g/mol. The molecule has 1 aliphatic heterocycles. The van der Waals surface area contributed by atoms with E-state index < -0.39 is 0 Å². The van der Waals surface area contributed by atoms with Crippen molar-refractivity contribution in [1.29, 1.82) is 0 Å². The zero-order chi connectivity index (χ0) is 15.4. The lowest BCUT2D eigenvalue weighted by Crippen LogP contribution is -2.44. The first-order chi connectivity index (χ1) is 10.8. The van der Waals surface area contributed by atoms with Crippen LogP contribution in [0.1, 0.15) is 26.2 Å². The van der Waals surface area contributed by atoms with E-state index in [4.69, 9.17) is 12.2 Å². The fourth-order valence-corrected chi connectivity index (χ4v) is 3.43. The lowest BCUT2D eigenvalue weighted by Gasteiger charge is -2.35. The molecule has 1 fully saturated rings. The number of rotatable bonds is 2. The molecule has 3 heteroatoms. The first-order valence-electron chi connectivity index (χ1n) is 7.98. The van der Waals surface area contributed by atoms with Gasteiger partial charge in [0, 0.05) is 23.8 Å². The molecule has 2 aromatic rings. The van der Waals surface area contributed by atoms with Crippen molar-refractivity contribution in [2.45, 2.75) is 32.2 Å². The van der Waals surface area contributed by atoms with Gasteiger partial charge in [-0.05, 0) is 50.0 Å². The SMILES string of the molecule is CC1CCCCN1C(=S)Nc1ccccc1-c1ccccc1. The van der Waals surface area contributed by atoms with Gasteiger partial charge in [0.1, 0.15) is 0 Å². The zero-order valence-corrected chi connectivity index (χ0v) is 13.8. The Hall–Kier alpha value is -1.87. The van der Waals surface area contributed by atoms with Gasteiger partial charge >= 0.3 is 0 Å². The Morgan fingerprint density at radius 2 is 1.77 bits per heavy atom. The number of hydrogen-bond donors (Lipinski definition) is 1. The van der Waals surface area contributed by atoms with Gasteiger partial charge in [0.25, 0.3) is 0 Å². The minimum Gasteiger partial charge on any atom is -0.346 e. The maximum absolute atomic E-state index is 5.66. The topological polar surface area (TPSA) is 15.3 Å². The fraction of sp³-hybridized carbons (Fsp3) is 0.316. The van der Waals surface area contributed by atoms with E-state index in [0.717, 1.165) is 17.3 Å². The summed E-state index contributed by atoms with van der Waals surface area (Å²) in [6, 6.07) is 19.3. The molecule has 1 atom stereocenters. The summed E-state index contributed by atoms with van der Waals surface area (Å²) in [7, 11) is 0. The van der Waals surface area contributed by atoms with Crippen LogP contribution in [-0.4, -0.2) is 22.6 Å². The average Bonchev–Trinajstić information content (AvgIpc) is 2.56. The molecule has 0 radical (unpaired) electrons. The van der Waals surface area contributed by atoms with Crippen LogP contribution in [-0.2, 0) is 0 Å². The highest BCUT2D eigenvalue weighted by Gasteiger charge is 2.21. The lowest BCUT2D eigenvalue weighted by molar-refractivity contribution is 0.262. The van der Waals surface area contributed by atoms with Crippen molar-refractivity contribution in [3.63, 3.8) is 0 Å². The second-order valence-electron chi connectivity index (χ2n) is 5.88. The maximum atomic E-state index is 5.66. The molecule has 3 rings (SSSR count). The number of benzene rings is 2. The lowest BCUT2D eigenvalue weighted by atomic mass is 10.0. The molecule has 2 aromatic carbocycles. The van der Waals surface area contributed by atoms with Crippen molar-refractivity contribution in [3.8, 4) is 11.1 Å². The first-order valence-corrected chi connectivity index (χ1v) is 8.38. The number of nitrogens with one attached hydrogen (secondary N) is 1. The molecule has 1 unspecified atom stereocenters. The summed E-state index contributed by atoms with van der Waals surface area (Å²) in [4.78, 5) is 2.32. The number of piperidine rings is 1. The van der Waals surface area contributed by atoms with E-state index >= 15 is 0 Å². The second kappa shape index (κ2) is 6.93. The van der Waals surface area contributed by atoms with Crippen LogP contribution in [0.15, 0.2) is 54.6 Å². The third-order valence-corrected chi connectivity index (χ3v) is 4.65. The van der Waals surface area contributed by atoms with Crippen molar-refractivity contribution in [3.05, 3.63) is 54.6 Å². The van der Waals surface area contributed by atoms with Crippen LogP contribution in [0, 0.1) is 0 Å². The van der Waals surface area contributed by atoms with Crippen LogP contribution in [0.3, 0.4) is 0 Å². The van der Waals surface area contributed by atoms with Gasteiger partial charge in [-0.2, -0.15) is 0 Å². The molecule has 1 heterocycles. The summed E-state index contributed by atoms with van der Waals surface area (Å²) < 4.78 is 0. The van der Waals surface area contributed by atoms with Gasteiger partial charge in [-0.3, -0.25) is 0 Å². The normalized spacial score (nSPS) is 18.0. The van der Waals surface area contributed by atoms with Crippen LogP contribution in [0.25, 0.3) is 11.1 Å². The maximum Gasteiger partial charge on any atom is 0.173 e. The van der Waals surface area contributed by atoms with E-state index in [9.17, 15) is 0 Å². The van der Waals surface area contributed by atoms with Crippen LogP contribution in [0.4, 0.5) is 5.69 Å². The molecular formula is C19H22N2S. The molecule has 114 valence electrons. The highest BCUT2D eigenvalue weighted by Crippen LogP contribution is 2.28. The van der Waals surface area contributed by atoms with E-state index in [1.54, 1.807) is 0 Å². The number of hydrogen-bond acceptors (Lipinski definition) is 1. The van der Waals surface area contributed by atoms with Crippen molar-refractivity contribution >= 4 is 23.0 Å². The summed E-state index contributed by atoms with van der Waals surface area (Å²) >= 11 is 5.66. The van der Waals surface area contributed by atoms with E-state index in [1.807, 2.05) is 6.07 Å². The summed E-state index contributed by atoms with van der Waals surface area (Å²) in [5.41, 5.74) is 3.48. The van der Waals surface area contributed by atoms with Crippen molar-refractivity contribution < 1.29 is 0 Å². The molecule has 0 spiro atoms. The number of para-hydroxylation sites is 1. The Morgan fingerprint density at radius 3 is 2.55 bits per heavy atom. The van der Waals surface area contributed by atoms with Gasteiger partial charge < -0.3 is 10.2 Å². The summed E-state index contributed by atoms with van der Waals surface area (Å²) in [6.07, 6.45) is 3.76. The van der Waals surface area contributed by atoms with Gasteiger partial charge in [0.15, 0.2) is 5.11 Å². The number of likely N-dealkylation sites (tertiary alicyclic amines) is 1. The second-order valence-corrected chi connectivity index (χ2v) is 6.27. The van der Waals surface area contributed by atoms with Crippen molar-refractivity contribution in [1.82, 2.24) is 4.90 Å². The minimum atomic E-state index is 0.526. The Kier molecular flexibility index (Phi) is 4.74. The Bertz CT molecular complexity index is 639. The van der Waals surface area contributed by atoms with Crippen molar-refractivity contribution in [2.75, 3.05) is 11.9 Å². The standard InChI is InChI=1S/C19H22N2S/c1-15-9-7-8-14-21(15)19(22)20-18-13-6-5-12-17(18)16-10-3-2-4-11-16/h2-6,10-13,15H,7-9,14H2,1H3,(H,20,22). The van der Waals surface area contributed by atoms with E-state index in [-0.39, 0.29) is 0 Å². The van der Waals surface area contributed by atoms with Crippen LogP contribution in [0.2, 0.25) is 0 Å². The predicted octanol–water partition coefficient (Wildman–Crippen LogP) is 4.92. The fourth-order valence-electron chi connectivity index (χ4n) is 3.05. The molecule has 0 amide bonds. The minimum absolute atomic E-state index is 0.526. The smallest absolute Gasteiger partial charge is 0.173 e. The van der Waals surface area contributed by atoms with Gasteiger partial charge in [-0.15, -0.1) is 0 Å². The molecule has 0 saturated carbocycles. The van der Waals surface area contributed by atoms with Gasteiger partial charge in [0.2, 0.25) is 0 Å². The van der Waals surface area contributed by atoms with Crippen molar-refractivity contribution in [2.24, 2.45) is 0 Å². The number of nitrogens with zero attached hydrogens (tertiary/aromatic N) is 1. The van der Waals surface area contributed by atoms with Crippen LogP contribution < -0.4 is 5.32 Å². The highest BCUT2D eigenvalue weighted by atomic mass is 32.1. The molecule has 22 heavy (non-hydrogen) atoms. The third-order valence-electron chi connectivity index (χ3n) is 4.32. The predicted molar refractivity (Wildman–Crippen MR) is 98.1 cm³/mol. The third kappa shape index (κ3) is 3.30. The molecule has 2 nitrogen and oxygen atoms in total. The molecule has 0 aliphatic carbocycles. The van der Waals surface area contributed by atoms with Gasteiger partial charge in [-0.1, -0.05) is 48.5 Å². The Balaban J connectivity index is 1.82. The van der Waals surface area contributed by atoms with E-state index in [1.165, 1.54) is 30.4 Å². The summed E-state index contributed by atoms with van der Waals surface area (Å²) in [5.74, 6) is 0. The monoisotopic (exact) mass is 310 g/mol. The molecule has 1 aliphatic rings. The van der Waals surface area contributed by atoms with Crippen LogP contribution in [0.5, 0.6) is 0 Å². The van der Waals surface area contributed by atoms with Gasteiger partial charge in [0.05, 0.1) is 0 Å². The first kappa shape index (κ1) is 15.0. The largest absolute Gasteiger partial charge is 0.346 e. The summed E-state index contributed by atoms with van der Waals surface area (Å²) in [6.45, 7) is 3.32. The number of anilines is 1. The average molecular weight is 310 g/mol. The summed E-state index contributed by atoms with van der Waals surface area (Å²) in [5, 5.41) is 4.31. The molecule has 0 aromatic heterocycles. The Labute approximate surface area is 138 Å². The van der Waals surface area contributed by atoms with Gasteiger partial charge in [-0.25, -0.2) is 0 Å². The zero-order valence-electron chi connectivity index (χ0n) is 13.0. The quantitative estimate of drug-likeness (QED) is 0.792. The molecule has 1 saturated heterocycles.